The number of rotatable bonds is 13. The van der Waals surface area contributed by atoms with Crippen LogP contribution in [0.2, 0.25) is 0 Å². The fourth-order valence-corrected chi connectivity index (χ4v) is 15.7. The number of fused-ring (bicyclic) bond motifs is 12. The molecule has 0 spiro atoms. The van der Waals surface area contributed by atoms with Gasteiger partial charge in [0.1, 0.15) is 17.4 Å². The van der Waals surface area contributed by atoms with Crippen LogP contribution in [0.1, 0.15) is 95.1 Å². The molecule has 4 aliphatic heterocycles. The summed E-state index contributed by atoms with van der Waals surface area (Å²) in [7, 11) is 10.4. The van der Waals surface area contributed by atoms with Crippen molar-refractivity contribution in [1.82, 2.24) is 37.9 Å². The SMILES string of the molecule is COc1ccc(CCn2c3c(c4cc(C)ccc42)CN(C)CC3)cc1.Cc1ccc(CCn2c3c(c4cc(F)ccc42)CN(C)CC3)cc1.Cc1ccc2c(c1)c1c(n2CCc2ccc(C(F)(F)F)cc2)CCN(C)C1.Cc1ccc2c(c1)c1c(n2CCc2ccc(F)cc2)CCN(C)C1. The molecule has 0 bridgehead atoms. The Morgan fingerprint density at radius 2 is 0.620 bits per heavy atom. The minimum Gasteiger partial charge on any atom is -0.497 e. The summed E-state index contributed by atoms with van der Waals surface area (Å²) in [6, 6.07) is 55.1. The van der Waals surface area contributed by atoms with E-state index in [0.29, 0.717) is 0 Å². The first-order chi connectivity index (χ1) is 48.2. The lowest BCUT2D eigenvalue weighted by Gasteiger charge is -2.24. The average Bonchev–Trinajstić information content (AvgIpc) is 1.63. The van der Waals surface area contributed by atoms with E-state index in [-0.39, 0.29) is 11.6 Å². The fourth-order valence-electron chi connectivity index (χ4n) is 15.7. The monoisotopic (exact) mass is 1350 g/mol. The Labute approximate surface area is 586 Å². The van der Waals surface area contributed by atoms with Crippen LogP contribution >= 0.6 is 0 Å². The Hall–Kier alpha value is -8.79. The van der Waals surface area contributed by atoms with E-state index in [2.05, 4.69) is 197 Å². The highest BCUT2D eigenvalue weighted by atomic mass is 19.4. The van der Waals surface area contributed by atoms with Crippen molar-refractivity contribution < 1.29 is 26.7 Å². The van der Waals surface area contributed by atoms with E-state index in [1.165, 1.54) is 134 Å². The number of aromatic nitrogens is 4. The quantitative estimate of drug-likeness (QED) is 0.108. The molecule has 4 aromatic heterocycles. The highest BCUT2D eigenvalue weighted by Gasteiger charge is 2.31. The van der Waals surface area contributed by atoms with Gasteiger partial charge in [0.15, 0.2) is 0 Å². The van der Waals surface area contributed by atoms with Crippen molar-refractivity contribution in [2.45, 2.75) is 138 Å². The lowest BCUT2D eigenvalue weighted by Crippen LogP contribution is -2.27. The van der Waals surface area contributed by atoms with Crippen LogP contribution in [0.25, 0.3) is 43.6 Å². The molecule has 9 nitrogen and oxygen atoms in total. The summed E-state index contributed by atoms with van der Waals surface area (Å²) < 4.78 is 80.2. The van der Waals surface area contributed by atoms with Crippen molar-refractivity contribution in [1.29, 1.82) is 0 Å². The molecule has 12 aromatic rings. The molecule has 0 N–H and O–H groups in total. The number of aryl methyl sites for hydroxylation is 12. The van der Waals surface area contributed by atoms with Gasteiger partial charge >= 0.3 is 6.18 Å². The molecule has 520 valence electrons. The number of benzene rings is 8. The molecule has 4 aliphatic rings. The minimum absolute atomic E-state index is 0.144. The zero-order chi connectivity index (χ0) is 69.9. The second kappa shape index (κ2) is 30.2. The molecule has 14 heteroatoms. The second-order valence-electron chi connectivity index (χ2n) is 28.6. The zero-order valence-corrected chi connectivity index (χ0v) is 59.7. The Morgan fingerprint density at radius 1 is 0.340 bits per heavy atom. The van der Waals surface area contributed by atoms with Gasteiger partial charge in [-0.1, -0.05) is 101 Å². The maximum Gasteiger partial charge on any atom is 0.416 e. The van der Waals surface area contributed by atoms with Crippen LogP contribution < -0.4 is 4.74 Å². The van der Waals surface area contributed by atoms with Crippen molar-refractivity contribution in [2.75, 3.05) is 61.5 Å². The predicted molar refractivity (Wildman–Crippen MR) is 399 cm³/mol. The van der Waals surface area contributed by atoms with Crippen molar-refractivity contribution in [2.24, 2.45) is 0 Å². The minimum atomic E-state index is -4.28. The first kappa shape index (κ1) is 69.7. The summed E-state index contributed by atoms with van der Waals surface area (Å²) in [5.41, 5.74) is 26.1. The largest absolute Gasteiger partial charge is 0.497 e. The summed E-state index contributed by atoms with van der Waals surface area (Å²) in [4.78, 5) is 9.48. The first-order valence-corrected chi connectivity index (χ1v) is 35.7. The van der Waals surface area contributed by atoms with Gasteiger partial charge in [-0.25, -0.2) is 8.78 Å². The van der Waals surface area contributed by atoms with Crippen LogP contribution in [-0.4, -0.2) is 99.3 Å². The lowest BCUT2D eigenvalue weighted by atomic mass is 10.0. The van der Waals surface area contributed by atoms with Crippen LogP contribution in [0.5, 0.6) is 5.75 Å². The Kier molecular flexibility index (Phi) is 21.0. The number of hydrogen-bond acceptors (Lipinski definition) is 5. The maximum atomic E-state index is 13.8. The molecule has 100 heavy (non-hydrogen) atoms. The average molecular weight is 1350 g/mol. The van der Waals surface area contributed by atoms with Gasteiger partial charge < -0.3 is 42.6 Å². The molecule has 0 saturated carbocycles. The van der Waals surface area contributed by atoms with Crippen molar-refractivity contribution in [3.05, 3.63) is 277 Å². The molecular formula is C86H95F5N8O. The molecule has 0 amide bonds. The third kappa shape index (κ3) is 15.6. The van der Waals surface area contributed by atoms with Gasteiger partial charge in [0.05, 0.1) is 12.7 Å². The van der Waals surface area contributed by atoms with Gasteiger partial charge in [0.25, 0.3) is 0 Å². The fraction of sp³-hybridized carbons (Fsp3) is 0.349. The normalized spacial score (nSPS) is 15.0. The van der Waals surface area contributed by atoms with Crippen LogP contribution in [0, 0.1) is 39.3 Å². The maximum absolute atomic E-state index is 13.8. The molecule has 8 aromatic carbocycles. The summed E-state index contributed by atoms with van der Waals surface area (Å²) in [5, 5.41) is 5.23. The zero-order valence-electron chi connectivity index (χ0n) is 59.7. The standard InChI is InChI=1S/C22H23F3N2.C22H26N2O.2C21H23FN2/c1-15-3-8-20-18(13-15)19-14-26(2)11-10-21(19)27(20)12-9-16-4-6-17(7-5-16)22(23,24)25;1-16-4-9-21-19(14-16)20-15-23(2)12-11-22(20)24(21)13-10-17-5-7-18(25-3)8-6-17;1-15-3-8-20-18(13-15)19-14-23(2)11-10-21(19)24(20)12-9-16-4-6-17(22)7-5-16;1-15-3-5-16(6-4-15)9-12-24-20-8-7-17(22)13-18(20)19-14-23(2)11-10-21(19)24/h3-8,13H,9-12,14H2,1-2H3;4-9,14H,10-13,15H2,1-3H3;2*3-8,13H,9-12,14H2,1-2H3. The number of nitrogens with zero attached hydrogens (tertiary/aromatic N) is 8. The number of hydrogen-bond donors (Lipinski definition) is 0. The highest BCUT2D eigenvalue weighted by Crippen LogP contribution is 2.37. The Bertz CT molecular complexity index is 4690. The first-order valence-electron chi connectivity index (χ1n) is 35.7. The van der Waals surface area contributed by atoms with E-state index in [1.54, 1.807) is 43.5 Å². The van der Waals surface area contributed by atoms with E-state index >= 15 is 0 Å². The molecule has 0 atom stereocenters. The third-order valence-corrected chi connectivity index (χ3v) is 21.2. The van der Waals surface area contributed by atoms with E-state index in [1.807, 2.05) is 18.2 Å². The number of methoxy groups -OCH3 is 1. The molecule has 0 saturated heterocycles. The molecule has 0 fully saturated rings. The molecular weight excluding hydrogens is 1260 g/mol. The summed E-state index contributed by atoms with van der Waals surface area (Å²) >= 11 is 0. The second-order valence-corrected chi connectivity index (χ2v) is 28.6. The summed E-state index contributed by atoms with van der Waals surface area (Å²) in [5.74, 6) is 0.612. The van der Waals surface area contributed by atoms with Gasteiger partial charge in [0.2, 0.25) is 0 Å². The number of halogens is 5. The number of ether oxygens (including phenoxy) is 1. The van der Waals surface area contributed by atoms with Crippen LogP contribution in [0.15, 0.2) is 170 Å². The van der Waals surface area contributed by atoms with E-state index in [4.69, 9.17) is 4.74 Å². The smallest absolute Gasteiger partial charge is 0.416 e. The van der Waals surface area contributed by atoms with Gasteiger partial charge in [-0.3, -0.25) is 0 Å². The van der Waals surface area contributed by atoms with E-state index in [9.17, 15) is 22.0 Å². The molecule has 8 heterocycles. The number of alkyl halides is 3. The van der Waals surface area contributed by atoms with Crippen LogP contribution in [-0.2, 0) is 110 Å². The lowest BCUT2D eigenvalue weighted by molar-refractivity contribution is -0.137. The van der Waals surface area contributed by atoms with E-state index < -0.39 is 11.7 Å². The number of likely N-dealkylation sites (N-methyl/N-ethyl adjacent to an activating group) is 4. The van der Waals surface area contributed by atoms with Gasteiger partial charge in [-0.15, -0.1) is 0 Å². The third-order valence-electron chi connectivity index (χ3n) is 21.2. The van der Waals surface area contributed by atoms with Crippen molar-refractivity contribution >= 4 is 43.6 Å². The highest BCUT2D eigenvalue weighted by molar-refractivity contribution is 5.89. The van der Waals surface area contributed by atoms with E-state index in [0.717, 1.165) is 147 Å². The molecule has 0 unspecified atom stereocenters. The topological polar surface area (TPSA) is 41.9 Å². The summed E-state index contributed by atoms with van der Waals surface area (Å²) in [6.45, 7) is 20.6. The van der Waals surface area contributed by atoms with Gasteiger partial charge in [-0.2, -0.15) is 13.2 Å². The Balaban J connectivity index is 0.000000120. The van der Waals surface area contributed by atoms with Crippen LogP contribution in [0.3, 0.4) is 0 Å². The predicted octanol–water partition coefficient (Wildman–Crippen LogP) is 18.0. The van der Waals surface area contributed by atoms with Crippen LogP contribution in [0.4, 0.5) is 22.0 Å². The molecule has 16 rings (SSSR count). The summed E-state index contributed by atoms with van der Waals surface area (Å²) in [6.07, 6.45) is 3.71. The molecule has 0 radical (unpaired) electrons. The Morgan fingerprint density at radius 3 is 0.950 bits per heavy atom. The van der Waals surface area contributed by atoms with Crippen molar-refractivity contribution in [3.63, 3.8) is 0 Å². The molecule has 0 aliphatic carbocycles. The van der Waals surface area contributed by atoms with Gasteiger partial charge in [0, 0.05) is 171 Å². The van der Waals surface area contributed by atoms with Crippen molar-refractivity contribution in [3.8, 4) is 5.75 Å². The van der Waals surface area contributed by atoms with Gasteiger partial charge in [-0.05, 0) is 217 Å².